The van der Waals surface area contributed by atoms with E-state index in [0.717, 1.165) is 17.0 Å². The zero-order valence-corrected chi connectivity index (χ0v) is 10.5. The first-order chi connectivity index (χ1) is 8.68. The normalized spacial score (nSPS) is 11.3. The third-order valence-electron chi connectivity index (χ3n) is 2.72. The third-order valence-corrected chi connectivity index (χ3v) is 2.72. The summed E-state index contributed by atoms with van der Waals surface area (Å²) < 4.78 is 0. The summed E-state index contributed by atoms with van der Waals surface area (Å²) in [5, 5.41) is 16.0. The van der Waals surface area contributed by atoms with E-state index in [2.05, 4.69) is 5.10 Å². The lowest BCUT2D eigenvalue weighted by molar-refractivity contribution is 0.474. The molecule has 0 spiro atoms. The number of hydrogen-bond acceptors (Lipinski definition) is 3. The van der Waals surface area contributed by atoms with Gasteiger partial charge in [-0.15, -0.1) is 0 Å². The fraction of sp³-hybridized carbons (Fsp3) is 0.133. The second kappa shape index (κ2) is 5.36. The number of benzene rings is 2. The highest BCUT2D eigenvalue weighted by Crippen LogP contribution is 2.18. The Morgan fingerprint density at radius 1 is 1.00 bits per heavy atom. The molecule has 1 N–H and O–H groups in total. The van der Waals surface area contributed by atoms with Crippen LogP contribution in [0.2, 0.25) is 0 Å². The number of anilines is 1. The average molecular weight is 240 g/mol. The first-order valence-corrected chi connectivity index (χ1v) is 5.81. The standard InChI is InChI=1S/C15H16N2O/c1-12(14-10-6-7-11-15(14)18)16-17(2)13-8-4-3-5-9-13/h3-11,18H,1-2H3/b16-12+. The van der Waals surface area contributed by atoms with Crippen LogP contribution in [0.5, 0.6) is 5.75 Å². The molecule has 0 heterocycles. The van der Waals surface area contributed by atoms with Gasteiger partial charge in [0.05, 0.1) is 11.4 Å². The molecule has 0 unspecified atom stereocenters. The zero-order valence-electron chi connectivity index (χ0n) is 10.5. The Bertz CT molecular complexity index is 549. The molecule has 0 aromatic heterocycles. The van der Waals surface area contributed by atoms with Crippen LogP contribution in [0.25, 0.3) is 0 Å². The fourth-order valence-electron chi connectivity index (χ4n) is 1.76. The Balaban J connectivity index is 2.26. The van der Waals surface area contributed by atoms with Crippen LogP contribution in [-0.4, -0.2) is 17.9 Å². The van der Waals surface area contributed by atoms with Gasteiger partial charge in [-0.2, -0.15) is 5.10 Å². The molecule has 2 aromatic carbocycles. The lowest BCUT2D eigenvalue weighted by atomic mass is 10.1. The van der Waals surface area contributed by atoms with Gasteiger partial charge < -0.3 is 5.11 Å². The monoisotopic (exact) mass is 240 g/mol. The molecular formula is C15H16N2O. The van der Waals surface area contributed by atoms with Crippen LogP contribution >= 0.6 is 0 Å². The van der Waals surface area contributed by atoms with Crippen molar-refractivity contribution in [2.24, 2.45) is 5.10 Å². The third kappa shape index (κ3) is 2.69. The van der Waals surface area contributed by atoms with Crippen molar-refractivity contribution in [3.63, 3.8) is 0 Å². The summed E-state index contributed by atoms with van der Waals surface area (Å²) in [6.07, 6.45) is 0. The van der Waals surface area contributed by atoms with Gasteiger partial charge in [-0.25, -0.2) is 0 Å². The van der Waals surface area contributed by atoms with E-state index in [1.807, 2.05) is 56.4 Å². The molecule has 0 atom stereocenters. The molecule has 18 heavy (non-hydrogen) atoms. The van der Waals surface area contributed by atoms with Crippen LogP contribution in [0.1, 0.15) is 12.5 Å². The number of hydrogen-bond donors (Lipinski definition) is 1. The van der Waals surface area contributed by atoms with Crippen molar-refractivity contribution < 1.29 is 5.11 Å². The van der Waals surface area contributed by atoms with E-state index in [1.165, 1.54) is 0 Å². The molecule has 92 valence electrons. The van der Waals surface area contributed by atoms with Gasteiger partial charge >= 0.3 is 0 Å². The first-order valence-electron chi connectivity index (χ1n) is 5.81. The van der Waals surface area contributed by atoms with E-state index in [4.69, 9.17) is 0 Å². The molecule has 0 radical (unpaired) electrons. The number of aromatic hydroxyl groups is 1. The van der Waals surface area contributed by atoms with Crippen LogP contribution in [0.15, 0.2) is 59.7 Å². The minimum atomic E-state index is 0.250. The SMILES string of the molecule is C/C(=N\N(C)c1ccccc1)c1ccccc1O. The van der Waals surface area contributed by atoms with Gasteiger partial charge in [-0.3, -0.25) is 5.01 Å². The highest BCUT2D eigenvalue weighted by atomic mass is 16.3. The molecule has 0 aliphatic heterocycles. The van der Waals surface area contributed by atoms with Gasteiger partial charge in [0.2, 0.25) is 0 Å². The van der Waals surface area contributed by atoms with Crippen molar-refractivity contribution in [1.29, 1.82) is 0 Å². The van der Waals surface area contributed by atoms with E-state index in [9.17, 15) is 5.11 Å². The summed E-state index contributed by atoms with van der Waals surface area (Å²) >= 11 is 0. The average Bonchev–Trinajstić information content (AvgIpc) is 2.40. The highest BCUT2D eigenvalue weighted by Gasteiger charge is 2.05. The maximum absolute atomic E-state index is 9.77. The molecule has 0 saturated heterocycles. The summed E-state index contributed by atoms with van der Waals surface area (Å²) in [6.45, 7) is 1.88. The second-order valence-electron chi connectivity index (χ2n) is 4.06. The quantitative estimate of drug-likeness (QED) is 0.660. The number of phenolic OH excluding ortho intramolecular Hbond substituents is 1. The van der Waals surface area contributed by atoms with Gasteiger partial charge in [0, 0.05) is 12.6 Å². The minimum absolute atomic E-state index is 0.250. The molecular weight excluding hydrogens is 224 g/mol. The Labute approximate surface area is 107 Å². The van der Waals surface area contributed by atoms with Gasteiger partial charge in [0.1, 0.15) is 5.75 Å². The number of nitrogens with zero attached hydrogens (tertiary/aromatic N) is 2. The van der Waals surface area contributed by atoms with Crippen molar-refractivity contribution in [2.45, 2.75) is 6.92 Å². The molecule has 0 aliphatic rings. The Morgan fingerprint density at radius 3 is 2.28 bits per heavy atom. The van der Waals surface area contributed by atoms with Gasteiger partial charge in [-0.1, -0.05) is 30.3 Å². The Morgan fingerprint density at radius 2 is 1.61 bits per heavy atom. The molecule has 2 rings (SSSR count). The van der Waals surface area contributed by atoms with Crippen LogP contribution in [0.4, 0.5) is 5.69 Å². The van der Waals surface area contributed by atoms with Crippen molar-refractivity contribution in [3.05, 3.63) is 60.2 Å². The highest BCUT2D eigenvalue weighted by molar-refractivity contribution is 6.01. The van der Waals surface area contributed by atoms with Gasteiger partial charge in [-0.05, 0) is 31.2 Å². The zero-order chi connectivity index (χ0) is 13.0. The molecule has 0 fully saturated rings. The van der Waals surface area contributed by atoms with E-state index in [0.29, 0.717) is 0 Å². The molecule has 3 heteroatoms. The molecule has 0 bridgehead atoms. The lowest BCUT2D eigenvalue weighted by Crippen LogP contribution is -2.12. The van der Waals surface area contributed by atoms with Crippen molar-refractivity contribution in [3.8, 4) is 5.75 Å². The number of rotatable bonds is 3. The van der Waals surface area contributed by atoms with Gasteiger partial charge in [0.25, 0.3) is 0 Å². The van der Waals surface area contributed by atoms with E-state index in [1.54, 1.807) is 17.1 Å². The summed E-state index contributed by atoms with van der Waals surface area (Å²) in [5.41, 5.74) is 2.53. The topological polar surface area (TPSA) is 35.8 Å². The fourth-order valence-corrected chi connectivity index (χ4v) is 1.76. The maximum atomic E-state index is 9.77. The van der Waals surface area contributed by atoms with Crippen molar-refractivity contribution >= 4 is 11.4 Å². The summed E-state index contributed by atoms with van der Waals surface area (Å²) in [7, 11) is 1.89. The van der Waals surface area contributed by atoms with Crippen molar-refractivity contribution in [2.75, 3.05) is 12.1 Å². The van der Waals surface area contributed by atoms with Gasteiger partial charge in [0.15, 0.2) is 0 Å². The lowest BCUT2D eigenvalue weighted by Gasteiger charge is -2.14. The van der Waals surface area contributed by atoms with Crippen LogP contribution in [0, 0.1) is 0 Å². The minimum Gasteiger partial charge on any atom is -0.507 e. The molecule has 3 nitrogen and oxygen atoms in total. The Hall–Kier alpha value is -2.29. The predicted molar refractivity (Wildman–Crippen MR) is 75.2 cm³/mol. The first kappa shape index (κ1) is 12.2. The largest absolute Gasteiger partial charge is 0.507 e. The van der Waals surface area contributed by atoms with Crippen LogP contribution < -0.4 is 5.01 Å². The molecule has 0 amide bonds. The summed E-state index contributed by atoms with van der Waals surface area (Å²) in [6, 6.07) is 17.1. The Kier molecular flexibility index (Phi) is 3.63. The number of para-hydroxylation sites is 2. The van der Waals surface area contributed by atoms with E-state index >= 15 is 0 Å². The van der Waals surface area contributed by atoms with Crippen LogP contribution in [0.3, 0.4) is 0 Å². The summed E-state index contributed by atoms with van der Waals surface area (Å²) in [5.74, 6) is 0.250. The van der Waals surface area contributed by atoms with E-state index < -0.39 is 0 Å². The second-order valence-corrected chi connectivity index (χ2v) is 4.06. The number of phenols is 1. The number of hydrazone groups is 1. The van der Waals surface area contributed by atoms with Crippen molar-refractivity contribution in [1.82, 2.24) is 0 Å². The van der Waals surface area contributed by atoms with Crippen LogP contribution in [-0.2, 0) is 0 Å². The molecule has 0 saturated carbocycles. The molecule has 0 aliphatic carbocycles. The maximum Gasteiger partial charge on any atom is 0.124 e. The predicted octanol–water partition coefficient (Wildman–Crippen LogP) is 3.25. The van der Waals surface area contributed by atoms with E-state index in [-0.39, 0.29) is 5.75 Å². The molecule has 2 aromatic rings. The smallest absolute Gasteiger partial charge is 0.124 e. The summed E-state index contributed by atoms with van der Waals surface area (Å²) in [4.78, 5) is 0.